The third kappa shape index (κ3) is 3.62. The smallest absolute Gasteiger partial charge is 0.248 e. The quantitative estimate of drug-likeness (QED) is 0.637. The van der Waals surface area contributed by atoms with E-state index in [9.17, 15) is 4.79 Å². The second-order valence-electron chi connectivity index (χ2n) is 7.85. The third-order valence-electron chi connectivity index (χ3n) is 6.04. The molecule has 1 atom stereocenters. The van der Waals surface area contributed by atoms with Crippen molar-refractivity contribution in [2.24, 2.45) is 0 Å². The van der Waals surface area contributed by atoms with Gasteiger partial charge in [0.2, 0.25) is 11.2 Å². The van der Waals surface area contributed by atoms with E-state index in [0.717, 1.165) is 62.1 Å². The van der Waals surface area contributed by atoms with Crippen LogP contribution in [0, 0.1) is 0 Å². The molecular formula is C19H26ClN7O3. The van der Waals surface area contributed by atoms with Gasteiger partial charge in [0.1, 0.15) is 12.4 Å². The lowest BCUT2D eigenvalue weighted by Crippen LogP contribution is -2.60. The first-order valence-corrected chi connectivity index (χ1v) is 10.9. The lowest BCUT2D eigenvalue weighted by molar-refractivity contribution is -0.152. The third-order valence-corrected chi connectivity index (χ3v) is 6.21. The molecule has 0 N–H and O–H groups in total. The number of amides is 1. The minimum atomic E-state index is 0.0896. The number of halogens is 1. The Hall–Kier alpha value is -2.01. The van der Waals surface area contributed by atoms with Gasteiger partial charge in [0, 0.05) is 39.3 Å². The van der Waals surface area contributed by atoms with Crippen LogP contribution in [0.5, 0.6) is 0 Å². The standard InChI is InChI=1S/C19H26ClN7O3/c1-2-26-14(10-24-3-4-27-13(9-24)11-30-12-15(27)28)21-16-17(22-19(20)23-18(16)26)25-5-7-29-8-6-25/h13H,2-12H2,1H3/t13-/m1/s1. The molecule has 0 unspecified atom stereocenters. The Morgan fingerprint density at radius 2 is 1.93 bits per heavy atom. The van der Waals surface area contributed by atoms with Crippen LogP contribution in [0.1, 0.15) is 12.7 Å². The number of hydrogen-bond donors (Lipinski definition) is 0. The molecule has 0 radical (unpaired) electrons. The molecular weight excluding hydrogens is 410 g/mol. The Morgan fingerprint density at radius 1 is 1.10 bits per heavy atom. The van der Waals surface area contributed by atoms with Gasteiger partial charge < -0.3 is 23.8 Å². The highest BCUT2D eigenvalue weighted by molar-refractivity contribution is 6.28. The Morgan fingerprint density at radius 3 is 2.73 bits per heavy atom. The number of carbonyl (C=O) groups is 1. The summed E-state index contributed by atoms with van der Waals surface area (Å²) >= 11 is 6.28. The van der Waals surface area contributed by atoms with E-state index >= 15 is 0 Å². The van der Waals surface area contributed by atoms with Crippen molar-refractivity contribution in [3.63, 3.8) is 0 Å². The van der Waals surface area contributed by atoms with Crippen molar-refractivity contribution in [3.8, 4) is 0 Å². The highest BCUT2D eigenvalue weighted by atomic mass is 35.5. The topological polar surface area (TPSA) is 88.9 Å². The number of anilines is 1. The Balaban J connectivity index is 1.44. The number of ether oxygens (including phenoxy) is 2. The summed E-state index contributed by atoms with van der Waals surface area (Å²) in [5.74, 6) is 1.81. The van der Waals surface area contributed by atoms with Crippen LogP contribution in [0.15, 0.2) is 0 Å². The van der Waals surface area contributed by atoms with Crippen LogP contribution in [-0.4, -0.2) is 100 Å². The van der Waals surface area contributed by atoms with Crippen molar-refractivity contribution in [3.05, 3.63) is 11.1 Å². The van der Waals surface area contributed by atoms with Crippen LogP contribution in [-0.2, 0) is 27.4 Å². The highest BCUT2D eigenvalue weighted by Crippen LogP contribution is 2.27. The number of imidazole rings is 1. The van der Waals surface area contributed by atoms with Crippen molar-refractivity contribution in [1.82, 2.24) is 29.3 Å². The summed E-state index contributed by atoms with van der Waals surface area (Å²) in [6, 6.07) is 0.109. The van der Waals surface area contributed by atoms with E-state index in [2.05, 4.69) is 31.3 Å². The van der Waals surface area contributed by atoms with E-state index in [1.165, 1.54) is 0 Å². The molecule has 11 heteroatoms. The van der Waals surface area contributed by atoms with Crippen LogP contribution in [0.25, 0.3) is 11.2 Å². The van der Waals surface area contributed by atoms with Gasteiger partial charge in [-0.1, -0.05) is 0 Å². The number of aryl methyl sites for hydroxylation is 1. The molecule has 0 spiro atoms. The van der Waals surface area contributed by atoms with Crippen molar-refractivity contribution < 1.29 is 14.3 Å². The van der Waals surface area contributed by atoms with Gasteiger partial charge in [-0.2, -0.15) is 9.97 Å². The van der Waals surface area contributed by atoms with Crippen molar-refractivity contribution in [2.75, 3.05) is 64.1 Å². The van der Waals surface area contributed by atoms with E-state index < -0.39 is 0 Å². The molecule has 2 aromatic heterocycles. The minimum absolute atomic E-state index is 0.0896. The molecule has 0 saturated carbocycles. The molecule has 10 nitrogen and oxygen atoms in total. The molecule has 5 heterocycles. The Labute approximate surface area is 179 Å². The summed E-state index contributed by atoms with van der Waals surface area (Å²) in [5.41, 5.74) is 1.55. The maximum atomic E-state index is 12.1. The number of aromatic nitrogens is 4. The zero-order chi connectivity index (χ0) is 20.7. The first-order valence-electron chi connectivity index (χ1n) is 10.5. The van der Waals surface area contributed by atoms with Crippen LogP contribution in [0.3, 0.4) is 0 Å². The summed E-state index contributed by atoms with van der Waals surface area (Å²) in [4.78, 5) is 32.5. The lowest BCUT2D eigenvalue weighted by Gasteiger charge is -2.43. The lowest BCUT2D eigenvalue weighted by atomic mass is 10.1. The molecule has 3 aliphatic heterocycles. The van der Waals surface area contributed by atoms with Crippen LogP contribution in [0.2, 0.25) is 5.28 Å². The number of morpholine rings is 2. The van der Waals surface area contributed by atoms with Crippen LogP contribution in [0.4, 0.5) is 5.82 Å². The predicted octanol–water partition coefficient (Wildman–Crippen LogP) is 0.379. The Kier molecular flexibility index (Phi) is 5.48. The van der Waals surface area contributed by atoms with E-state index in [0.29, 0.717) is 26.4 Å². The summed E-state index contributed by atoms with van der Waals surface area (Å²) in [5, 5.41) is 0.233. The van der Waals surface area contributed by atoms with Crippen LogP contribution < -0.4 is 4.90 Å². The average molecular weight is 436 g/mol. The van der Waals surface area contributed by atoms with Gasteiger partial charge in [0.05, 0.1) is 32.4 Å². The monoisotopic (exact) mass is 435 g/mol. The fourth-order valence-corrected chi connectivity index (χ4v) is 4.71. The van der Waals surface area contributed by atoms with E-state index in [1.807, 2.05) is 4.90 Å². The fourth-order valence-electron chi connectivity index (χ4n) is 4.55. The molecule has 30 heavy (non-hydrogen) atoms. The number of piperazine rings is 1. The summed E-state index contributed by atoms with van der Waals surface area (Å²) in [6.07, 6.45) is 0. The first kappa shape index (κ1) is 19.9. The minimum Gasteiger partial charge on any atom is -0.378 e. The van der Waals surface area contributed by atoms with Gasteiger partial charge in [-0.25, -0.2) is 4.98 Å². The molecule has 3 aliphatic rings. The molecule has 0 aromatic carbocycles. The van der Waals surface area contributed by atoms with Gasteiger partial charge >= 0.3 is 0 Å². The number of hydrogen-bond acceptors (Lipinski definition) is 8. The highest BCUT2D eigenvalue weighted by Gasteiger charge is 2.34. The molecule has 3 saturated heterocycles. The number of fused-ring (bicyclic) bond motifs is 2. The maximum Gasteiger partial charge on any atom is 0.248 e. The summed E-state index contributed by atoms with van der Waals surface area (Å²) in [7, 11) is 0. The molecule has 162 valence electrons. The van der Waals surface area contributed by atoms with E-state index in [1.54, 1.807) is 0 Å². The SMILES string of the molecule is CCn1c(CN2CCN3C(=O)COC[C@H]3C2)nc2c(N3CCOCC3)nc(Cl)nc21. The van der Waals surface area contributed by atoms with Gasteiger partial charge in [-0.15, -0.1) is 0 Å². The zero-order valence-corrected chi connectivity index (χ0v) is 17.8. The molecule has 5 rings (SSSR count). The van der Waals surface area contributed by atoms with Crippen LogP contribution >= 0.6 is 11.6 Å². The molecule has 0 bridgehead atoms. The van der Waals surface area contributed by atoms with E-state index in [-0.39, 0.29) is 23.8 Å². The summed E-state index contributed by atoms with van der Waals surface area (Å²) < 4.78 is 13.0. The molecule has 3 fully saturated rings. The average Bonchev–Trinajstić information content (AvgIpc) is 3.10. The Bertz CT molecular complexity index is 946. The van der Waals surface area contributed by atoms with E-state index in [4.69, 9.17) is 26.1 Å². The van der Waals surface area contributed by atoms with Gasteiger partial charge in [-0.3, -0.25) is 9.69 Å². The number of rotatable bonds is 4. The normalized spacial score (nSPS) is 23.3. The van der Waals surface area contributed by atoms with Crippen molar-refractivity contribution in [1.29, 1.82) is 0 Å². The predicted molar refractivity (Wildman–Crippen MR) is 111 cm³/mol. The van der Waals surface area contributed by atoms with Gasteiger partial charge in [0.25, 0.3) is 0 Å². The van der Waals surface area contributed by atoms with Crippen molar-refractivity contribution in [2.45, 2.75) is 26.1 Å². The zero-order valence-electron chi connectivity index (χ0n) is 17.1. The number of nitrogens with zero attached hydrogens (tertiary/aromatic N) is 7. The summed E-state index contributed by atoms with van der Waals surface area (Å²) in [6.45, 7) is 9.47. The largest absolute Gasteiger partial charge is 0.378 e. The van der Waals surface area contributed by atoms with Gasteiger partial charge in [-0.05, 0) is 18.5 Å². The second-order valence-corrected chi connectivity index (χ2v) is 8.19. The van der Waals surface area contributed by atoms with Crippen molar-refractivity contribution >= 4 is 34.5 Å². The second kappa shape index (κ2) is 8.26. The fraction of sp³-hybridized carbons (Fsp3) is 0.684. The first-order chi connectivity index (χ1) is 14.6. The molecule has 1 amide bonds. The molecule has 0 aliphatic carbocycles. The maximum absolute atomic E-state index is 12.1. The number of carbonyl (C=O) groups excluding carboxylic acids is 1. The molecule has 2 aromatic rings. The van der Waals surface area contributed by atoms with Gasteiger partial charge in [0.15, 0.2) is 17.0 Å².